The fourth-order valence-corrected chi connectivity index (χ4v) is 3.59. The summed E-state index contributed by atoms with van der Waals surface area (Å²) in [4.78, 5) is 24.2. The summed E-state index contributed by atoms with van der Waals surface area (Å²) in [5.74, 6) is -1.96. The van der Waals surface area contributed by atoms with Gasteiger partial charge in [-0.15, -0.1) is 0 Å². The van der Waals surface area contributed by atoms with E-state index < -0.39 is 33.7 Å². The first-order chi connectivity index (χ1) is 11.3. The van der Waals surface area contributed by atoms with Crippen LogP contribution in [0.1, 0.15) is 12.8 Å². The largest absolute Gasteiger partial charge is 0.368 e. The standard InChI is InChI=1S/C14H19FN4O4S/c1-17-4-5-18-24(22,23)11-7-9(15)6-10(8-11)19-12(14(16)21)2-3-13(19)20/h6-8,12,17-18H,2-5H2,1H3,(H2,16,21). The molecule has 4 N–H and O–H groups in total. The number of hydrogen-bond acceptors (Lipinski definition) is 5. The van der Waals surface area contributed by atoms with Gasteiger partial charge in [0.2, 0.25) is 21.8 Å². The van der Waals surface area contributed by atoms with Gasteiger partial charge in [0.25, 0.3) is 0 Å². The number of primary amides is 1. The highest BCUT2D eigenvalue weighted by molar-refractivity contribution is 7.89. The quantitative estimate of drug-likeness (QED) is 0.557. The third kappa shape index (κ3) is 3.89. The average molecular weight is 358 g/mol. The number of anilines is 1. The van der Waals surface area contributed by atoms with Crippen molar-refractivity contribution in [3.05, 3.63) is 24.0 Å². The summed E-state index contributed by atoms with van der Waals surface area (Å²) in [6.07, 6.45) is 0.305. The molecular formula is C14H19FN4O4S. The molecule has 24 heavy (non-hydrogen) atoms. The lowest BCUT2D eigenvalue weighted by molar-refractivity contribution is -0.121. The topological polar surface area (TPSA) is 122 Å². The van der Waals surface area contributed by atoms with Crippen LogP contribution in [0.3, 0.4) is 0 Å². The number of likely N-dealkylation sites (N-methyl/N-ethyl adjacent to an activating group) is 1. The van der Waals surface area contributed by atoms with Crippen molar-refractivity contribution >= 4 is 27.5 Å². The Labute approximate surface area is 139 Å². The molecule has 0 spiro atoms. The number of amides is 2. The van der Waals surface area contributed by atoms with Crippen molar-refractivity contribution in [2.75, 3.05) is 25.0 Å². The first kappa shape index (κ1) is 18.3. The monoisotopic (exact) mass is 358 g/mol. The van der Waals surface area contributed by atoms with Gasteiger partial charge in [-0.2, -0.15) is 0 Å². The predicted octanol–water partition coefficient (Wildman–Crippen LogP) is -0.696. The van der Waals surface area contributed by atoms with E-state index in [2.05, 4.69) is 10.0 Å². The molecule has 1 saturated heterocycles. The van der Waals surface area contributed by atoms with Crippen LogP contribution in [0.4, 0.5) is 10.1 Å². The molecule has 2 amide bonds. The smallest absolute Gasteiger partial charge is 0.240 e. The van der Waals surface area contributed by atoms with E-state index in [0.29, 0.717) is 6.54 Å². The van der Waals surface area contributed by atoms with E-state index in [9.17, 15) is 22.4 Å². The number of hydrogen-bond donors (Lipinski definition) is 3. The number of sulfonamides is 1. The Morgan fingerprint density at radius 2 is 2.08 bits per heavy atom. The molecule has 1 fully saturated rings. The van der Waals surface area contributed by atoms with Gasteiger partial charge in [-0.3, -0.25) is 14.5 Å². The summed E-state index contributed by atoms with van der Waals surface area (Å²) in [5.41, 5.74) is 5.26. The summed E-state index contributed by atoms with van der Waals surface area (Å²) >= 11 is 0. The van der Waals surface area contributed by atoms with Gasteiger partial charge in [0, 0.05) is 25.2 Å². The predicted molar refractivity (Wildman–Crippen MR) is 85.2 cm³/mol. The number of nitrogens with zero attached hydrogens (tertiary/aromatic N) is 1. The SMILES string of the molecule is CNCCNS(=O)(=O)c1cc(F)cc(N2C(=O)CCC2C(N)=O)c1. The van der Waals surface area contributed by atoms with E-state index in [4.69, 9.17) is 5.73 Å². The van der Waals surface area contributed by atoms with Gasteiger partial charge in [-0.05, 0) is 31.7 Å². The number of halogens is 1. The number of benzene rings is 1. The normalized spacial score (nSPS) is 18.2. The lowest BCUT2D eigenvalue weighted by Gasteiger charge is -2.23. The Bertz CT molecular complexity index is 753. The van der Waals surface area contributed by atoms with Crippen molar-refractivity contribution in [1.82, 2.24) is 10.0 Å². The maximum Gasteiger partial charge on any atom is 0.240 e. The fourth-order valence-electron chi connectivity index (χ4n) is 2.51. The molecule has 0 aromatic heterocycles. The molecule has 1 aromatic carbocycles. The van der Waals surface area contributed by atoms with Crippen LogP contribution in [0.25, 0.3) is 0 Å². The van der Waals surface area contributed by atoms with Crippen LogP contribution in [0.15, 0.2) is 23.1 Å². The molecule has 0 aliphatic carbocycles. The molecule has 10 heteroatoms. The summed E-state index contributed by atoms with van der Waals surface area (Å²) in [6, 6.07) is 2.10. The van der Waals surface area contributed by atoms with Crippen molar-refractivity contribution in [2.24, 2.45) is 5.73 Å². The Morgan fingerprint density at radius 1 is 1.38 bits per heavy atom. The highest BCUT2D eigenvalue weighted by Crippen LogP contribution is 2.29. The van der Waals surface area contributed by atoms with Gasteiger partial charge in [-0.1, -0.05) is 0 Å². The van der Waals surface area contributed by atoms with Crippen LogP contribution >= 0.6 is 0 Å². The lowest BCUT2D eigenvalue weighted by atomic mass is 10.2. The minimum Gasteiger partial charge on any atom is -0.368 e. The molecule has 1 heterocycles. The Kier molecular flexibility index (Phi) is 5.52. The number of nitrogens with one attached hydrogen (secondary N) is 2. The molecule has 1 atom stereocenters. The molecular weight excluding hydrogens is 339 g/mol. The summed E-state index contributed by atoms with van der Waals surface area (Å²) in [6.45, 7) is 0.521. The summed E-state index contributed by atoms with van der Waals surface area (Å²) < 4.78 is 40.7. The molecule has 0 bridgehead atoms. The molecule has 1 aliphatic rings. The fraction of sp³-hybridized carbons (Fsp3) is 0.429. The van der Waals surface area contributed by atoms with Crippen molar-refractivity contribution in [3.63, 3.8) is 0 Å². The first-order valence-electron chi connectivity index (χ1n) is 7.32. The summed E-state index contributed by atoms with van der Waals surface area (Å²) in [5, 5.41) is 2.78. The van der Waals surface area contributed by atoms with Crippen LogP contribution in [0.5, 0.6) is 0 Å². The number of nitrogens with two attached hydrogens (primary N) is 1. The van der Waals surface area contributed by atoms with E-state index in [-0.39, 0.29) is 30.0 Å². The minimum atomic E-state index is -3.95. The van der Waals surface area contributed by atoms with Gasteiger partial charge in [0.05, 0.1) is 4.90 Å². The van der Waals surface area contributed by atoms with Gasteiger partial charge in [0.1, 0.15) is 11.9 Å². The molecule has 132 valence electrons. The maximum atomic E-state index is 13.9. The Hall–Kier alpha value is -2.04. The van der Waals surface area contributed by atoms with Crippen LogP contribution < -0.4 is 20.7 Å². The third-order valence-corrected chi connectivity index (χ3v) is 5.09. The van der Waals surface area contributed by atoms with Crippen molar-refractivity contribution in [1.29, 1.82) is 0 Å². The molecule has 1 aromatic rings. The summed E-state index contributed by atoms with van der Waals surface area (Å²) in [7, 11) is -2.28. The molecule has 2 rings (SSSR count). The zero-order valence-corrected chi connectivity index (χ0v) is 13.9. The highest BCUT2D eigenvalue weighted by atomic mass is 32.2. The van der Waals surface area contributed by atoms with E-state index in [1.165, 1.54) is 0 Å². The van der Waals surface area contributed by atoms with Crippen LogP contribution in [0, 0.1) is 5.82 Å². The van der Waals surface area contributed by atoms with Gasteiger partial charge >= 0.3 is 0 Å². The van der Waals surface area contributed by atoms with E-state index in [1.54, 1.807) is 7.05 Å². The number of carbonyl (C=O) groups is 2. The lowest BCUT2D eigenvalue weighted by Crippen LogP contribution is -2.42. The Balaban J connectivity index is 2.38. The van der Waals surface area contributed by atoms with Gasteiger partial charge < -0.3 is 11.1 Å². The van der Waals surface area contributed by atoms with Crippen LogP contribution in [0.2, 0.25) is 0 Å². The van der Waals surface area contributed by atoms with Crippen molar-refractivity contribution < 1.29 is 22.4 Å². The molecule has 1 aliphatic heterocycles. The molecule has 0 saturated carbocycles. The van der Waals surface area contributed by atoms with Crippen molar-refractivity contribution in [2.45, 2.75) is 23.8 Å². The van der Waals surface area contributed by atoms with Gasteiger partial charge in [-0.25, -0.2) is 17.5 Å². The van der Waals surface area contributed by atoms with E-state index >= 15 is 0 Å². The number of carbonyl (C=O) groups excluding carboxylic acids is 2. The first-order valence-corrected chi connectivity index (χ1v) is 8.81. The minimum absolute atomic E-state index is 0.00436. The van der Waals surface area contributed by atoms with E-state index in [0.717, 1.165) is 23.1 Å². The zero-order valence-electron chi connectivity index (χ0n) is 13.1. The third-order valence-electron chi connectivity index (χ3n) is 3.65. The number of rotatable bonds is 7. The molecule has 1 unspecified atom stereocenters. The van der Waals surface area contributed by atoms with Crippen molar-refractivity contribution in [3.8, 4) is 0 Å². The van der Waals surface area contributed by atoms with Crippen LogP contribution in [-0.4, -0.2) is 46.4 Å². The zero-order chi connectivity index (χ0) is 17.9. The second-order valence-corrected chi connectivity index (χ2v) is 7.13. The second-order valence-electron chi connectivity index (χ2n) is 5.37. The Morgan fingerprint density at radius 3 is 2.71 bits per heavy atom. The second kappa shape index (κ2) is 7.24. The van der Waals surface area contributed by atoms with Crippen LogP contribution in [-0.2, 0) is 19.6 Å². The maximum absolute atomic E-state index is 13.9. The van der Waals surface area contributed by atoms with Gasteiger partial charge in [0.15, 0.2) is 0 Å². The average Bonchev–Trinajstić information content (AvgIpc) is 2.88. The van der Waals surface area contributed by atoms with E-state index in [1.807, 2.05) is 0 Å². The molecule has 8 nitrogen and oxygen atoms in total. The molecule has 0 radical (unpaired) electrons. The highest BCUT2D eigenvalue weighted by Gasteiger charge is 2.36.